The van der Waals surface area contributed by atoms with E-state index in [4.69, 9.17) is 9.47 Å². The lowest BCUT2D eigenvalue weighted by Gasteiger charge is -2.21. The van der Waals surface area contributed by atoms with E-state index in [0.717, 1.165) is 16.9 Å². The molecule has 0 aliphatic rings. The van der Waals surface area contributed by atoms with E-state index in [9.17, 15) is 9.59 Å². The fourth-order valence-electron chi connectivity index (χ4n) is 2.76. The maximum absolute atomic E-state index is 12.6. The molecule has 1 atom stereocenters. The lowest BCUT2D eigenvalue weighted by atomic mass is 10.0. The molecule has 6 heteroatoms. The standard InChI is InChI=1S/C21H26N2O4/c1-13(2)20(22-14(3)24)21(25)23-16-8-11-19(27-5)18(12-16)15-6-9-17(26-4)10-7-15/h6-13,20H,1-5H3,(H,22,24)(H,23,25)/t20-/m1/s1. The number of rotatable bonds is 7. The normalized spacial score (nSPS) is 11.6. The zero-order valence-electron chi connectivity index (χ0n) is 16.3. The summed E-state index contributed by atoms with van der Waals surface area (Å²) in [5, 5.41) is 5.57. The highest BCUT2D eigenvalue weighted by atomic mass is 16.5. The second-order valence-electron chi connectivity index (χ2n) is 6.56. The van der Waals surface area contributed by atoms with Crippen molar-refractivity contribution in [3.05, 3.63) is 42.5 Å². The Kier molecular flexibility index (Phi) is 6.82. The first-order valence-corrected chi connectivity index (χ1v) is 8.76. The van der Waals surface area contributed by atoms with E-state index in [1.54, 1.807) is 26.4 Å². The predicted molar refractivity (Wildman–Crippen MR) is 106 cm³/mol. The van der Waals surface area contributed by atoms with Gasteiger partial charge in [-0.3, -0.25) is 9.59 Å². The Labute approximate surface area is 159 Å². The fraction of sp³-hybridized carbons (Fsp3) is 0.333. The van der Waals surface area contributed by atoms with Gasteiger partial charge in [0, 0.05) is 18.2 Å². The van der Waals surface area contributed by atoms with Crippen LogP contribution >= 0.6 is 0 Å². The molecular formula is C21H26N2O4. The van der Waals surface area contributed by atoms with Crippen LogP contribution in [-0.2, 0) is 9.59 Å². The van der Waals surface area contributed by atoms with Gasteiger partial charge in [-0.15, -0.1) is 0 Å². The Morgan fingerprint density at radius 2 is 1.63 bits per heavy atom. The van der Waals surface area contributed by atoms with Gasteiger partial charge in [0.05, 0.1) is 14.2 Å². The van der Waals surface area contributed by atoms with Crippen LogP contribution < -0.4 is 20.1 Å². The van der Waals surface area contributed by atoms with Crippen LogP contribution in [0.15, 0.2) is 42.5 Å². The molecule has 0 saturated heterocycles. The number of nitrogens with one attached hydrogen (secondary N) is 2. The second-order valence-corrected chi connectivity index (χ2v) is 6.56. The van der Waals surface area contributed by atoms with Crippen LogP contribution in [0.3, 0.4) is 0 Å². The Bertz CT molecular complexity index is 800. The molecule has 2 N–H and O–H groups in total. The Hall–Kier alpha value is -3.02. The van der Waals surface area contributed by atoms with Crippen molar-refractivity contribution < 1.29 is 19.1 Å². The minimum atomic E-state index is -0.603. The molecule has 0 aromatic heterocycles. The molecule has 0 aliphatic heterocycles. The van der Waals surface area contributed by atoms with E-state index >= 15 is 0 Å². The van der Waals surface area contributed by atoms with E-state index in [2.05, 4.69) is 10.6 Å². The number of ether oxygens (including phenoxy) is 2. The zero-order valence-corrected chi connectivity index (χ0v) is 16.3. The van der Waals surface area contributed by atoms with Crippen molar-refractivity contribution in [1.82, 2.24) is 5.32 Å². The number of carbonyl (C=O) groups is 2. The zero-order chi connectivity index (χ0) is 20.0. The van der Waals surface area contributed by atoms with E-state index < -0.39 is 6.04 Å². The predicted octanol–water partition coefficient (Wildman–Crippen LogP) is 3.47. The summed E-state index contributed by atoms with van der Waals surface area (Å²) >= 11 is 0. The van der Waals surface area contributed by atoms with Crippen LogP contribution in [0.1, 0.15) is 20.8 Å². The van der Waals surface area contributed by atoms with Gasteiger partial charge in [0.2, 0.25) is 11.8 Å². The van der Waals surface area contributed by atoms with Gasteiger partial charge in [-0.1, -0.05) is 26.0 Å². The van der Waals surface area contributed by atoms with E-state index in [1.807, 2.05) is 44.2 Å². The summed E-state index contributed by atoms with van der Waals surface area (Å²) in [4.78, 5) is 24.0. The van der Waals surface area contributed by atoms with Crippen LogP contribution in [-0.4, -0.2) is 32.1 Å². The molecule has 0 unspecified atom stereocenters. The number of carbonyl (C=O) groups excluding carboxylic acids is 2. The third kappa shape index (κ3) is 5.23. The fourth-order valence-corrected chi connectivity index (χ4v) is 2.76. The molecule has 2 rings (SSSR count). The SMILES string of the molecule is COc1ccc(-c2cc(NC(=O)[C@H](NC(C)=O)C(C)C)ccc2OC)cc1. The lowest BCUT2D eigenvalue weighted by molar-refractivity contribution is -0.126. The second kappa shape index (κ2) is 9.07. The highest BCUT2D eigenvalue weighted by molar-refractivity contribution is 5.97. The van der Waals surface area contributed by atoms with Gasteiger partial charge >= 0.3 is 0 Å². The molecule has 0 aliphatic carbocycles. The number of methoxy groups -OCH3 is 2. The van der Waals surface area contributed by atoms with Crippen LogP contribution in [0, 0.1) is 5.92 Å². The van der Waals surface area contributed by atoms with Crippen molar-refractivity contribution in [2.75, 3.05) is 19.5 Å². The number of anilines is 1. The molecule has 0 fully saturated rings. The third-order valence-corrected chi connectivity index (χ3v) is 4.18. The molecule has 27 heavy (non-hydrogen) atoms. The Morgan fingerprint density at radius 1 is 0.963 bits per heavy atom. The van der Waals surface area contributed by atoms with Gasteiger partial charge in [0.15, 0.2) is 0 Å². The van der Waals surface area contributed by atoms with E-state index in [1.165, 1.54) is 6.92 Å². The topological polar surface area (TPSA) is 76.7 Å². The van der Waals surface area contributed by atoms with Crippen LogP contribution in [0.4, 0.5) is 5.69 Å². The van der Waals surface area contributed by atoms with Crippen molar-refractivity contribution >= 4 is 17.5 Å². The third-order valence-electron chi connectivity index (χ3n) is 4.18. The first kappa shape index (κ1) is 20.3. The summed E-state index contributed by atoms with van der Waals surface area (Å²) in [6, 6.07) is 12.4. The minimum Gasteiger partial charge on any atom is -0.497 e. The van der Waals surface area contributed by atoms with Crippen molar-refractivity contribution in [2.45, 2.75) is 26.8 Å². The summed E-state index contributed by atoms with van der Waals surface area (Å²) in [6.07, 6.45) is 0. The number of hydrogen-bond acceptors (Lipinski definition) is 4. The summed E-state index contributed by atoms with van der Waals surface area (Å²) in [7, 11) is 3.22. The first-order valence-electron chi connectivity index (χ1n) is 8.76. The van der Waals surface area contributed by atoms with Gasteiger partial charge in [-0.25, -0.2) is 0 Å². The van der Waals surface area contributed by atoms with Gasteiger partial charge < -0.3 is 20.1 Å². The highest BCUT2D eigenvalue weighted by Crippen LogP contribution is 2.33. The van der Waals surface area contributed by atoms with Crippen LogP contribution in [0.5, 0.6) is 11.5 Å². The largest absolute Gasteiger partial charge is 0.497 e. The molecule has 2 aromatic rings. The van der Waals surface area contributed by atoms with Crippen molar-refractivity contribution in [2.24, 2.45) is 5.92 Å². The van der Waals surface area contributed by atoms with Gasteiger partial charge in [0.25, 0.3) is 0 Å². The molecule has 6 nitrogen and oxygen atoms in total. The summed E-state index contributed by atoms with van der Waals surface area (Å²) in [5.41, 5.74) is 2.41. The maximum Gasteiger partial charge on any atom is 0.247 e. The number of hydrogen-bond donors (Lipinski definition) is 2. The molecule has 2 amide bonds. The first-order chi connectivity index (χ1) is 12.8. The average molecular weight is 370 g/mol. The number of amides is 2. The Balaban J connectivity index is 2.30. The van der Waals surface area contributed by atoms with Crippen molar-refractivity contribution in [3.63, 3.8) is 0 Å². The average Bonchev–Trinajstić information content (AvgIpc) is 2.65. The van der Waals surface area contributed by atoms with Gasteiger partial charge in [0.1, 0.15) is 17.5 Å². The van der Waals surface area contributed by atoms with Gasteiger partial charge in [-0.05, 0) is 41.8 Å². The minimum absolute atomic E-state index is 0.0341. The van der Waals surface area contributed by atoms with Crippen molar-refractivity contribution in [1.29, 1.82) is 0 Å². The van der Waals surface area contributed by atoms with Gasteiger partial charge in [-0.2, -0.15) is 0 Å². The maximum atomic E-state index is 12.6. The molecule has 0 radical (unpaired) electrons. The quantitative estimate of drug-likeness (QED) is 0.782. The molecule has 0 saturated carbocycles. The smallest absolute Gasteiger partial charge is 0.247 e. The molecule has 2 aromatic carbocycles. The molecule has 0 bridgehead atoms. The highest BCUT2D eigenvalue weighted by Gasteiger charge is 2.23. The number of benzene rings is 2. The molecule has 0 heterocycles. The lowest BCUT2D eigenvalue weighted by Crippen LogP contribution is -2.46. The molecular weight excluding hydrogens is 344 g/mol. The summed E-state index contributed by atoms with van der Waals surface area (Å²) in [5.74, 6) is 0.925. The van der Waals surface area contributed by atoms with Crippen LogP contribution in [0.2, 0.25) is 0 Å². The van der Waals surface area contributed by atoms with E-state index in [0.29, 0.717) is 11.4 Å². The van der Waals surface area contributed by atoms with Crippen molar-refractivity contribution in [3.8, 4) is 22.6 Å². The monoisotopic (exact) mass is 370 g/mol. The van der Waals surface area contributed by atoms with Crippen LogP contribution in [0.25, 0.3) is 11.1 Å². The summed E-state index contributed by atoms with van der Waals surface area (Å²) in [6.45, 7) is 5.17. The van der Waals surface area contributed by atoms with E-state index in [-0.39, 0.29) is 17.7 Å². The Morgan fingerprint density at radius 3 is 2.15 bits per heavy atom. The molecule has 0 spiro atoms. The summed E-state index contributed by atoms with van der Waals surface area (Å²) < 4.78 is 10.6. The molecule has 144 valence electrons.